The zero-order valence-corrected chi connectivity index (χ0v) is 12.8. The second-order valence-electron chi connectivity index (χ2n) is 4.79. The van der Waals surface area contributed by atoms with E-state index in [1.807, 2.05) is 12.1 Å². The van der Waals surface area contributed by atoms with Crippen molar-refractivity contribution in [3.05, 3.63) is 23.8 Å². The van der Waals surface area contributed by atoms with Crippen LogP contribution >= 0.6 is 0 Å². The van der Waals surface area contributed by atoms with Crippen LogP contribution < -0.4 is 14.2 Å². The van der Waals surface area contributed by atoms with Crippen molar-refractivity contribution < 1.29 is 22.7 Å². The molecule has 1 aliphatic rings. The van der Waals surface area contributed by atoms with Gasteiger partial charge in [0.15, 0.2) is 11.5 Å². The molecule has 1 aliphatic heterocycles. The van der Waals surface area contributed by atoms with Gasteiger partial charge in [-0.05, 0) is 17.7 Å². The van der Waals surface area contributed by atoms with Crippen LogP contribution in [0.3, 0.4) is 0 Å². The van der Waals surface area contributed by atoms with Crippen molar-refractivity contribution >= 4 is 15.9 Å². The van der Waals surface area contributed by atoms with E-state index < -0.39 is 10.0 Å². The van der Waals surface area contributed by atoms with Gasteiger partial charge in [0.2, 0.25) is 22.7 Å². The molecular formula is C13H18N2O5S. The van der Waals surface area contributed by atoms with Crippen LogP contribution in [0.25, 0.3) is 0 Å². The van der Waals surface area contributed by atoms with Crippen molar-refractivity contribution in [2.75, 3.05) is 26.1 Å². The van der Waals surface area contributed by atoms with E-state index in [0.29, 0.717) is 24.6 Å². The monoisotopic (exact) mass is 314 g/mol. The summed E-state index contributed by atoms with van der Waals surface area (Å²) in [6, 6.07) is 5.47. The van der Waals surface area contributed by atoms with Crippen LogP contribution in [-0.4, -0.2) is 45.4 Å². The maximum Gasteiger partial charge on any atom is 0.231 e. The number of nitrogens with zero attached hydrogens (tertiary/aromatic N) is 1. The Hall–Kier alpha value is -1.80. The third-order valence-electron chi connectivity index (χ3n) is 3.00. The molecule has 0 spiro atoms. The molecule has 1 N–H and O–H groups in total. The van der Waals surface area contributed by atoms with Gasteiger partial charge in [-0.1, -0.05) is 6.07 Å². The van der Waals surface area contributed by atoms with E-state index in [1.165, 1.54) is 6.92 Å². The summed E-state index contributed by atoms with van der Waals surface area (Å²) in [6.45, 7) is 2.53. The minimum atomic E-state index is -3.25. The van der Waals surface area contributed by atoms with Crippen LogP contribution in [0.5, 0.6) is 11.5 Å². The summed E-state index contributed by atoms with van der Waals surface area (Å²) >= 11 is 0. The zero-order chi connectivity index (χ0) is 15.5. The van der Waals surface area contributed by atoms with Crippen molar-refractivity contribution in [1.29, 1.82) is 0 Å². The lowest BCUT2D eigenvalue weighted by Gasteiger charge is -2.21. The lowest BCUT2D eigenvalue weighted by Crippen LogP contribution is -2.36. The van der Waals surface area contributed by atoms with Gasteiger partial charge in [-0.3, -0.25) is 4.79 Å². The van der Waals surface area contributed by atoms with Gasteiger partial charge >= 0.3 is 0 Å². The lowest BCUT2D eigenvalue weighted by atomic mass is 10.2. The molecule has 0 aliphatic carbocycles. The van der Waals surface area contributed by atoms with Crippen LogP contribution in [0.15, 0.2) is 18.2 Å². The van der Waals surface area contributed by atoms with Crippen LogP contribution in [0.1, 0.15) is 12.5 Å². The zero-order valence-electron chi connectivity index (χ0n) is 12.0. The summed E-state index contributed by atoms with van der Waals surface area (Å²) in [7, 11) is -3.25. The Bertz CT molecular complexity index is 629. The number of benzene rings is 1. The maximum absolute atomic E-state index is 11.6. The molecule has 2 rings (SSSR count). The average Bonchev–Trinajstić information content (AvgIpc) is 2.83. The van der Waals surface area contributed by atoms with Crippen molar-refractivity contribution in [2.24, 2.45) is 0 Å². The topological polar surface area (TPSA) is 84.9 Å². The van der Waals surface area contributed by atoms with E-state index in [4.69, 9.17) is 9.47 Å². The standard InChI is InChI=1S/C13H18N2O5S/c1-10(16)15(6-5-14-21(2,17)18)8-11-3-4-12-13(7-11)20-9-19-12/h3-4,7,14H,5-6,8-9H2,1-2H3. The predicted molar refractivity (Wildman–Crippen MR) is 76.5 cm³/mol. The molecule has 1 heterocycles. The molecule has 1 aromatic rings. The first-order valence-corrected chi connectivity index (χ1v) is 8.33. The molecular weight excluding hydrogens is 296 g/mol. The van der Waals surface area contributed by atoms with Gasteiger partial charge in [-0.15, -0.1) is 0 Å². The van der Waals surface area contributed by atoms with E-state index in [0.717, 1.165) is 11.8 Å². The Labute approximate surface area is 123 Å². The van der Waals surface area contributed by atoms with Crippen LogP contribution in [0.2, 0.25) is 0 Å². The highest BCUT2D eigenvalue weighted by Crippen LogP contribution is 2.32. The molecule has 0 saturated carbocycles. The molecule has 0 fully saturated rings. The highest BCUT2D eigenvalue weighted by atomic mass is 32.2. The Balaban J connectivity index is 1.98. The van der Waals surface area contributed by atoms with E-state index in [-0.39, 0.29) is 19.2 Å². The minimum Gasteiger partial charge on any atom is -0.454 e. The lowest BCUT2D eigenvalue weighted by molar-refractivity contribution is -0.129. The van der Waals surface area contributed by atoms with Gasteiger partial charge in [-0.2, -0.15) is 0 Å². The van der Waals surface area contributed by atoms with Crippen LogP contribution in [0.4, 0.5) is 0 Å². The largest absolute Gasteiger partial charge is 0.454 e. The molecule has 0 aromatic heterocycles. The Morgan fingerprint density at radius 1 is 1.33 bits per heavy atom. The third-order valence-corrected chi connectivity index (χ3v) is 3.73. The fraction of sp³-hybridized carbons (Fsp3) is 0.462. The van der Waals surface area contributed by atoms with Gasteiger partial charge in [0.1, 0.15) is 0 Å². The summed E-state index contributed by atoms with van der Waals surface area (Å²) < 4.78 is 34.9. The summed E-state index contributed by atoms with van der Waals surface area (Å²) in [5.41, 5.74) is 0.897. The summed E-state index contributed by atoms with van der Waals surface area (Å²) in [5.74, 6) is 1.22. The average molecular weight is 314 g/mol. The van der Waals surface area contributed by atoms with Crippen molar-refractivity contribution in [3.63, 3.8) is 0 Å². The molecule has 8 heteroatoms. The SMILES string of the molecule is CC(=O)N(CCNS(C)(=O)=O)Cc1ccc2c(c1)OCO2. The quantitative estimate of drug-likeness (QED) is 0.817. The number of hydrogen-bond acceptors (Lipinski definition) is 5. The van der Waals surface area contributed by atoms with Crippen molar-refractivity contribution in [1.82, 2.24) is 9.62 Å². The molecule has 1 amide bonds. The van der Waals surface area contributed by atoms with Gasteiger partial charge < -0.3 is 14.4 Å². The van der Waals surface area contributed by atoms with Crippen LogP contribution in [-0.2, 0) is 21.4 Å². The summed E-state index contributed by atoms with van der Waals surface area (Å²) in [5, 5.41) is 0. The predicted octanol–water partition coefficient (Wildman–Crippen LogP) is 0.313. The van der Waals surface area contributed by atoms with Gasteiger partial charge in [0, 0.05) is 26.6 Å². The first-order valence-electron chi connectivity index (χ1n) is 6.44. The fourth-order valence-electron chi connectivity index (χ4n) is 1.97. The molecule has 0 saturated heterocycles. The number of hydrogen-bond donors (Lipinski definition) is 1. The number of sulfonamides is 1. The molecule has 21 heavy (non-hydrogen) atoms. The summed E-state index contributed by atoms with van der Waals surface area (Å²) in [4.78, 5) is 13.2. The van der Waals surface area contributed by atoms with Crippen molar-refractivity contribution in [2.45, 2.75) is 13.5 Å². The van der Waals surface area contributed by atoms with Gasteiger partial charge in [0.05, 0.1) is 6.26 Å². The smallest absolute Gasteiger partial charge is 0.231 e. The second kappa shape index (κ2) is 6.31. The summed E-state index contributed by atoms with van der Waals surface area (Å²) in [6.07, 6.45) is 1.09. The van der Waals surface area contributed by atoms with E-state index >= 15 is 0 Å². The Kier molecular flexibility index (Phi) is 4.69. The molecule has 1 aromatic carbocycles. The number of nitrogens with one attached hydrogen (secondary N) is 1. The van der Waals surface area contributed by atoms with E-state index in [9.17, 15) is 13.2 Å². The number of ether oxygens (including phenoxy) is 2. The molecule has 0 bridgehead atoms. The minimum absolute atomic E-state index is 0.122. The first kappa shape index (κ1) is 15.6. The van der Waals surface area contributed by atoms with Crippen molar-refractivity contribution in [3.8, 4) is 11.5 Å². The number of amides is 1. The number of rotatable bonds is 6. The number of fused-ring (bicyclic) bond motifs is 1. The van der Waals surface area contributed by atoms with Crippen LogP contribution in [0, 0.1) is 0 Å². The first-order chi connectivity index (χ1) is 9.85. The second-order valence-corrected chi connectivity index (χ2v) is 6.63. The maximum atomic E-state index is 11.6. The third kappa shape index (κ3) is 4.61. The molecule has 0 atom stereocenters. The molecule has 0 radical (unpaired) electrons. The number of carbonyl (C=O) groups is 1. The Morgan fingerprint density at radius 2 is 2.05 bits per heavy atom. The van der Waals surface area contributed by atoms with Gasteiger partial charge in [-0.25, -0.2) is 13.1 Å². The normalized spacial score (nSPS) is 13.2. The molecule has 0 unspecified atom stereocenters. The van der Waals surface area contributed by atoms with Gasteiger partial charge in [0.25, 0.3) is 0 Å². The molecule has 116 valence electrons. The highest BCUT2D eigenvalue weighted by Gasteiger charge is 2.16. The van der Waals surface area contributed by atoms with E-state index in [1.54, 1.807) is 11.0 Å². The molecule has 7 nitrogen and oxygen atoms in total. The highest BCUT2D eigenvalue weighted by molar-refractivity contribution is 7.88. The Morgan fingerprint density at radius 3 is 2.71 bits per heavy atom. The fourth-order valence-corrected chi connectivity index (χ4v) is 2.44. The number of carbonyl (C=O) groups excluding carboxylic acids is 1. The van der Waals surface area contributed by atoms with E-state index in [2.05, 4.69) is 4.72 Å².